The van der Waals surface area contributed by atoms with Gasteiger partial charge in [0.15, 0.2) is 0 Å². The molecule has 0 aromatic heterocycles. The SMILES string of the molecule is CCC1CC(CC)C2C1CC(S(=O)c1ccccc1)C2SCCC(C)(C)CCSC1C2C(CC)CC(CC)C2CC1S(=O)c1ccccc1. The zero-order chi connectivity index (χ0) is 34.7. The summed E-state index contributed by atoms with van der Waals surface area (Å²) in [4.78, 5) is 2.05. The zero-order valence-electron chi connectivity index (χ0n) is 31.1. The van der Waals surface area contributed by atoms with Crippen molar-refractivity contribution in [1.29, 1.82) is 0 Å². The Morgan fingerprint density at radius 1 is 0.571 bits per heavy atom. The van der Waals surface area contributed by atoms with Crippen LogP contribution < -0.4 is 0 Å². The molecule has 6 rings (SSSR count). The van der Waals surface area contributed by atoms with E-state index >= 15 is 0 Å². The van der Waals surface area contributed by atoms with Gasteiger partial charge in [-0.1, -0.05) is 104 Å². The molecule has 6 heteroatoms. The van der Waals surface area contributed by atoms with Crippen LogP contribution in [0.1, 0.15) is 106 Å². The first-order valence-electron chi connectivity index (χ1n) is 19.9. The van der Waals surface area contributed by atoms with Crippen molar-refractivity contribution >= 4 is 45.1 Å². The van der Waals surface area contributed by atoms with Crippen molar-refractivity contribution in [3.05, 3.63) is 60.7 Å². The third kappa shape index (κ3) is 8.18. The fraction of sp³-hybridized carbons (Fsp3) is 0.721. The summed E-state index contributed by atoms with van der Waals surface area (Å²) in [6, 6.07) is 20.7. The molecule has 4 aliphatic rings. The number of hydrogen-bond donors (Lipinski definition) is 0. The molecule has 2 nitrogen and oxygen atoms in total. The summed E-state index contributed by atoms with van der Waals surface area (Å²) in [5, 5.41) is 1.54. The topological polar surface area (TPSA) is 34.1 Å². The van der Waals surface area contributed by atoms with Crippen LogP contribution in [0.5, 0.6) is 0 Å². The molecule has 0 spiro atoms. The summed E-state index contributed by atoms with van der Waals surface area (Å²) in [5.74, 6) is 8.43. The van der Waals surface area contributed by atoms with E-state index in [1.165, 1.54) is 51.4 Å². The Morgan fingerprint density at radius 3 is 1.29 bits per heavy atom. The Kier molecular flexibility index (Phi) is 13.3. The molecule has 0 heterocycles. The van der Waals surface area contributed by atoms with Crippen molar-refractivity contribution < 1.29 is 8.42 Å². The van der Waals surface area contributed by atoms with Gasteiger partial charge in [0.25, 0.3) is 0 Å². The minimum absolute atomic E-state index is 0.260. The molecule has 49 heavy (non-hydrogen) atoms. The van der Waals surface area contributed by atoms with E-state index in [0.717, 1.165) is 81.5 Å². The molecule has 14 atom stereocenters. The third-order valence-electron chi connectivity index (χ3n) is 13.8. The van der Waals surface area contributed by atoms with Crippen LogP contribution >= 0.6 is 23.5 Å². The summed E-state index contributed by atoms with van der Waals surface area (Å²) in [7, 11) is -1.89. The van der Waals surface area contributed by atoms with Gasteiger partial charge in [0.1, 0.15) is 0 Å². The maximum Gasteiger partial charge on any atom is 0.0572 e. The average molecular weight is 741 g/mol. The largest absolute Gasteiger partial charge is 0.254 e. The molecule has 0 amide bonds. The van der Waals surface area contributed by atoms with E-state index in [-0.39, 0.29) is 15.9 Å². The Hall–Kier alpha value is -0.560. The van der Waals surface area contributed by atoms with Gasteiger partial charge in [0, 0.05) is 20.3 Å². The van der Waals surface area contributed by atoms with Crippen LogP contribution in [0.2, 0.25) is 0 Å². The number of thioether (sulfide) groups is 2. The van der Waals surface area contributed by atoms with Crippen molar-refractivity contribution in [2.45, 2.75) is 137 Å². The van der Waals surface area contributed by atoms with Gasteiger partial charge in [0.2, 0.25) is 0 Å². The molecule has 272 valence electrons. The molecule has 0 N–H and O–H groups in total. The summed E-state index contributed by atoms with van der Waals surface area (Å²) < 4.78 is 28.2. The lowest BCUT2D eigenvalue weighted by Crippen LogP contribution is -2.31. The van der Waals surface area contributed by atoms with Crippen molar-refractivity contribution in [3.63, 3.8) is 0 Å². The molecule has 0 aliphatic heterocycles. The predicted octanol–water partition coefficient (Wildman–Crippen LogP) is 11.5. The summed E-state index contributed by atoms with van der Waals surface area (Å²) >= 11 is 4.38. The number of hydrogen-bond acceptors (Lipinski definition) is 4. The molecule has 2 aromatic carbocycles. The molecule has 0 radical (unpaired) electrons. The van der Waals surface area contributed by atoms with Crippen molar-refractivity contribution in [2.75, 3.05) is 11.5 Å². The van der Waals surface area contributed by atoms with E-state index < -0.39 is 21.6 Å². The minimum atomic E-state index is -0.943. The van der Waals surface area contributed by atoms with Crippen LogP contribution in [0, 0.1) is 52.8 Å². The Morgan fingerprint density at radius 2 is 0.939 bits per heavy atom. The third-order valence-corrected chi connectivity index (χ3v) is 20.6. The smallest absolute Gasteiger partial charge is 0.0572 e. The maximum atomic E-state index is 14.1. The summed E-state index contributed by atoms with van der Waals surface area (Å²) in [6.45, 7) is 14.5. The second kappa shape index (κ2) is 17.1. The molecule has 0 saturated heterocycles. The molecule has 4 fully saturated rings. The Labute approximate surface area is 313 Å². The van der Waals surface area contributed by atoms with Gasteiger partial charge in [-0.15, -0.1) is 0 Å². The lowest BCUT2D eigenvalue weighted by atomic mass is 9.87. The Balaban J connectivity index is 1.10. The van der Waals surface area contributed by atoms with Crippen LogP contribution in [0.15, 0.2) is 70.5 Å². The maximum absolute atomic E-state index is 14.1. The first kappa shape index (κ1) is 38.2. The summed E-state index contributed by atoms with van der Waals surface area (Å²) in [6.07, 6.45) is 12.5. The van der Waals surface area contributed by atoms with Crippen LogP contribution in [-0.2, 0) is 21.6 Å². The fourth-order valence-electron chi connectivity index (χ4n) is 11.0. The van der Waals surface area contributed by atoms with E-state index in [1.807, 2.05) is 12.1 Å². The fourth-order valence-corrected chi connectivity index (χ4v) is 19.1. The highest BCUT2D eigenvalue weighted by Gasteiger charge is 2.56. The number of benzene rings is 2. The highest BCUT2D eigenvalue weighted by Crippen LogP contribution is 2.59. The monoisotopic (exact) mass is 740 g/mol. The summed E-state index contributed by atoms with van der Waals surface area (Å²) in [5.41, 5.74) is 0.260. The predicted molar refractivity (Wildman–Crippen MR) is 216 cm³/mol. The zero-order valence-corrected chi connectivity index (χ0v) is 34.4. The van der Waals surface area contributed by atoms with Gasteiger partial charge in [0.05, 0.1) is 32.1 Å². The highest BCUT2D eigenvalue weighted by atomic mass is 32.2. The van der Waals surface area contributed by atoms with E-state index in [0.29, 0.717) is 10.5 Å². The van der Waals surface area contributed by atoms with E-state index in [4.69, 9.17) is 0 Å². The van der Waals surface area contributed by atoms with Crippen LogP contribution in [0.25, 0.3) is 0 Å². The Bertz CT molecular complexity index is 1280. The first-order valence-corrected chi connectivity index (χ1v) is 24.4. The molecule has 0 bridgehead atoms. The highest BCUT2D eigenvalue weighted by molar-refractivity contribution is 8.01. The van der Waals surface area contributed by atoms with E-state index in [2.05, 4.69) is 114 Å². The standard InChI is InChI=1S/C43H64O2S4/c1-7-29-25-31(9-3)39-35(29)27-37(48(44)33-17-13-11-14-18-33)41(39)46-23-21-43(5,6)22-24-47-42-38(49(45)34-19-15-12-16-20-34)28-36-30(8-2)26-32(10-4)40(36)42/h11-20,29-32,35-42H,7-10,21-28H2,1-6H3. The van der Waals surface area contributed by atoms with Crippen LogP contribution in [0.3, 0.4) is 0 Å². The van der Waals surface area contributed by atoms with Gasteiger partial charge < -0.3 is 0 Å². The molecular weight excluding hydrogens is 677 g/mol. The second-order valence-electron chi connectivity index (χ2n) is 16.7. The van der Waals surface area contributed by atoms with Gasteiger partial charge in [-0.2, -0.15) is 23.5 Å². The van der Waals surface area contributed by atoms with E-state index in [9.17, 15) is 8.42 Å². The van der Waals surface area contributed by atoms with Gasteiger partial charge in [-0.3, -0.25) is 8.42 Å². The van der Waals surface area contributed by atoms with Gasteiger partial charge in [-0.25, -0.2) is 0 Å². The average Bonchev–Trinajstić information content (AvgIpc) is 3.87. The van der Waals surface area contributed by atoms with Crippen molar-refractivity contribution in [2.24, 2.45) is 52.8 Å². The molecular formula is C43H64O2S4. The minimum Gasteiger partial charge on any atom is -0.254 e. The first-order chi connectivity index (χ1) is 23.7. The normalized spacial score (nSPS) is 36.9. The second-order valence-corrected chi connectivity index (χ2v) is 22.6. The molecule has 14 unspecified atom stereocenters. The van der Waals surface area contributed by atoms with Gasteiger partial charge in [-0.05, 0) is 127 Å². The number of rotatable bonds is 16. The lowest BCUT2D eigenvalue weighted by molar-refractivity contribution is 0.324. The van der Waals surface area contributed by atoms with Crippen molar-refractivity contribution in [1.82, 2.24) is 0 Å². The van der Waals surface area contributed by atoms with E-state index in [1.54, 1.807) is 0 Å². The molecule has 4 aliphatic carbocycles. The quantitative estimate of drug-likeness (QED) is 0.172. The van der Waals surface area contributed by atoms with Gasteiger partial charge >= 0.3 is 0 Å². The van der Waals surface area contributed by atoms with Crippen molar-refractivity contribution in [3.8, 4) is 0 Å². The molecule has 2 aromatic rings. The lowest BCUT2D eigenvalue weighted by Gasteiger charge is -2.31. The molecule has 4 saturated carbocycles. The van der Waals surface area contributed by atoms with Crippen LogP contribution in [-0.4, -0.2) is 40.9 Å². The number of fused-ring (bicyclic) bond motifs is 2. The van der Waals surface area contributed by atoms with Crippen LogP contribution in [0.4, 0.5) is 0 Å².